The average molecular weight is 369 g/mol. The molecule has 2 aromatic carbocycles. The fourth-order valence-corrected chi connectivity index (χ4v) is 2.70. The Bertz CT molecular complexity index is 694. The number of esters is 1. The van der Waals surface area contributed by atoms with Crippen LogP contribution in [-0.4, -0.2) is 30.0 Å². The molecule has 0 saturated carbocycles. The molecule has 0 aliphatic heterocycles. The van der Waals surface area contributed by atoms with Gasteiger partial charge in [-0.2, -0.15) is 0 Å². The lowest BCUT2D eigenvalue weighted by Gasteiger charge is -2.23. The van der Waals surface area contributed by atoms with Gasteiger partial charge < -0.3 is 4.74 Å². The highest BCUT2D eigenvalue weighted by atomic mass is 19.1. The molecule has 0 heterocycles. The molecule has 0 fully saturated rings. The van der Waals surface area contributed by atoms with E-state index in [9.17, 15) is 9.18 Å². The van der Waals surface area contributed by atoms with Crippen LogP contribution in [0.1, 0.15) is 51.2 Å². The van der Waals surface area contributed by atoms with Crippen LogP contribution < -0.4 is 0 Å². The van der Waals surface area contributed by atoms with E-state index in [-0.39, 0.29) is 5.97 Å². The highest BCUT2D eigenvalue weighted by Crippen LogP contribution is 2.18. The average Bonchev–Trinajstić information content (AvgIpc) is 2.64. The summed E-state index contributed by atoms with van der Waals surface area (Å²) in [6.45, 7) is 5.11. The Kier molecular flexibility index (Phi) is 7.71. The number of carbonyl (C=O) groups is 1. The van der Waals surface area contributed by atoms with Crippen LogP contribution in [0.4, 0.5) is 4.39 Å². The lowest BCUT2D eigenvalue weighted by atomic mass is 10.0. The number of rotatable bonds is 8. The maximum Gasteiger partial charge on any atom is 0.331 e. The van der Waals surface area contributed by atoms with Crippen LogP contribution in [0.5, 0.6) is 0 Å². The second kappa shape index (κ2) is 10.0. The molecule has 3 nitrogen and oxygen atoms in total. The fraction of sp³-hybridized carbons (Fsp3) is 0.391. The summed E-state index contributed by atoms with van der Waals surface area (Å²) in [7, 11) is 0. The minimum absolute atomic E-state index is 0.370. The summed E-state index contributed by atoms with van der Waals surface area (Å²) in [6, 6.07) is 18.9. The number of ether oxygens (including phenoxy) is 1. The van der Waals surface area contributed by atoms with Gasteiger partial charge in [-0.3, -0.25) is 9.38 Å². The number of nitrogens with zero attached hydrogens (tertiary/aromatic N) is 1. The van der Waals surface area contributed by atoms with Crippen LogP contribution in [0, 0.1) is 0 Å². The molecule has 1 unspecified atom stereocenters. The van der Waals surface area contributed by atoms with Crippen molar-refractivity contribution < 1.29 is 13.9 Å². The second-order valence-corrected chi connectivity index (χ2v) is 7.44. The monoisotopic (exact) mass is 369 g/mol. The van der Waals surface area contributed by atoms with Crippen molar-refractivity contribution in [2.75, 3.05) is 6.67 Å². The first-order valence-electron chi connectivity index (χ1n) is 9.38. The van der Waals surface area contributed by atoms with Crippen LogP contribution in [-0.2, 0) is 9.53 Å². The third-order valence-electron chi connectivity index (χ3n) is 3.92. The molecule has 4 heteroatoms. The number of alkyl halides is 1. The number of hydrogen-bond donors (Lipinski definition) is 0. The molecule has 2 aromatic rings. The van der Waals surface area contributed by atoms with Gasteiger partial charge in [-0.1, -0.05) is 60.7 Å². The largest absolute Gasteiger partial charge is 0.458 e. The Balaban J connectivity index is 2.41. The zero-order valence-corrected chi connectivity index (χ0v) is 16.3. The lowest BCUT2D eigenvalue weighted by Crippen LogP contribution is -2.31. The number of hydrogen-bond acceptors (Lipinski definition) is 3. The molecule has 0 N–H and O–H groups in total. The SMILES string of the molecule is CC(C)(C)OC(=O)C(CCCCF)N=C(c1ccccc1)c1ccccc1. The van der Waals surface area contributed by atoms with E-state index in [0.29, 0.717) is 19.3 Å². The summed E-state index contributed by atoms with van der Waals surface area (Å²) in [5.41, 5.74) is 2.02. The van der Waals surface area contributed by atoms with Gasteiger partial charge in [0.05, 0.1) is 12.4 Å². The van der Waals surface area contributed by atoms with E-state index in [1.165, 1.54) is 0 Å². The Morgan fingerprint density at radius 1 is 0.963 bits per heavy atom. The van der Waals surface area contributed by atoms with Gasteiger partial charge in [0, 0.05) is 11.1 Å². The smallest absolute Gasteiger partial charge is 0.331 e. The summed E-state index contributed by atoms with van der Waals surface area (Å²) in [4.78, 5) is 17.5. The van der Waals surface area contributed by atoms with E-state index < -0.39 is 18.3 Å². The van der Waals surface area contributed by atoms with E-state index in [4.69, 9.17) is 9.73 Å². The predicted octanol–water partition coefficient (Wildman–Crippen LogP) is 5.37. The summed E-state index contributed by atoms with van der Waals surface area (Å²) in [5, 5.41) is 0. The van der Waals surface area contributed by atoms with Gasteiger partial charge in [-0.05, 0) is 40.0 Å². The van der Waals surface area contributed by atoms with Crippen molar-refractivity contribution in [3.63, 3.8) is 0 Å². The molecule has 27 heavy (non-hydrogen) atoms. The molecule has 0 bridgehead atoms. The molecule has 1 atom stereocenters. The van der Waals surface area contributed by atoms with Crippen molar-refractivity contribution in [2.24, 2.45) is 4.99 Å². The number of benzene rings is 2. The highest BCUT2D eigenvalue weighted by molar-refractivity contribution is 6.13. The number of halogens is 1. The van der Waals surface area contributed by atoms with Crippen LogP contribution in [0.15, 0.2) is 65.7 Å². The van der Waals surface area contributed by atoms with E-state index in [0.717, 1.165) is 16.8 Å². The number of unbranched alkanes of at least 4 members (excludes halogenated alkanes) is 1. The first-order valence-corrected chi connectivity index (χ1v) is 9.38. The molecule has 0 aliphatic carbocycles. The zero-order chi connectivity index (χ0) is 19.7. The van der Waals surface area contributed by atoms with Crippen molar-refractivity contribution in [3.05, 3.63) is 71.8 Å². The van der Waals surface area contributed by atoms with Gasteiger partial charge in [-0.25, -0.2) is 4.79 Å². The van der Waals surface area contributed by atoms with E-state index in [1.807, 2.05) is 81.4 Å². The maximum absolute atomic E-state index is 12.7. The van der Waals surface area contributed by atoms with Gasteiger partial charge in [0.1, 0.15) is 11.6 Å². The highest BCUT2D eigenvalue weighted by Gasteiger charge is 2.25. The Morgan fingerprint density at radius 2 is 1.48 bits per heavy atom. The zero-order valence-electron chi connectivity index (χ0n) is 16.3. The predicted molar refractivity (Wildman–Crippen MR) is 108 cm³/mol. The van der Waals surface area contributed by atoms with Gasteiger partial charge >= 0.3 is 5.97 Å². The Morgan fingerprint density at radius 3 is 1.93 bits per heavy atom. The molecule has 0 spiro atoms. The second-order valence-electron chi connectivity index (χ2n) is 7.44. The topological polar surface area (TPSA) is 38.7 Å². The molecule has 0 saturated heterocycles. The lowest BCUT2D eigenvalue weighted by molar-refractivity contribution is -0.156. The fourth-order valence-electron chi connectivity index (χ4n) is 2.70. The van der Waals surface area contributed by atoms with Gasteiger partial charge in [0.2, 0.25) is 0 Å². The van der Waals surface area contributed by atoms with Gasteiger partial charge in [0.15, 0.2) is 0 Å². The third kappa shape index (κ3) is 6.97. The molecule has 0 aliphatic rings. The molecular formula is C23H28FNO2. The van der Waals surface area contributed by atoms with E-state index in [2.05, 4.69) is 0 Å². The summed E-state index contributed by atoms with van der Waals surface area (Å²) in [5.74, 6) is -0.370. The standard InChI is InChI=1S/C23H28FNO2/c1-23(2,3)27-22(26)20(16-10-11-17-24)25-21(18-12-6-4-7-13-18)19-14-8-5-9-15-19/h4-9,12-15,20H,10-11,16-17H2,1-3H3. The quantitative estimate of drug-likeness (QED) is 0.356. The van der Waals surface area contributed by atoms with E-state index in [1.54, 1.807) is 0 Å². The molecule has 2 rings (SSSR count). The van der Waals surface area contributed by atoms with E-state index >= 15 is 0 Å². The van der Waals surface area contributed by atoms with Gasteiger partial charge in [-0.15, -0.1) is 0 Å². The van der Waals surface area contributed by atoms with Crippen molar-refractivity contribution in [1.82, 2.24) is 0 Å². The Labute approximate surface area is 161 Å². The van der Waals surface area contributed by atoms with Crippen molar-refractivity contribution in [1.29, 1.82) is 0 Å². The number of carbonyl (C=O) groups excluding carboxylic acids is 1. The van der Waals surface area contributed by atoms with Crippen LogP contribution in [0.2, 0.25) is 0 Å². The molecular weight excluding hydrogens is 341 g/mol. The first-order chi connectivity index (χ1) is 12.9. The minimum atomic E-state index is -0.661. The van der Waals surface area contributed by atoms with Crippen LogP contribution >= 0.6 is 0 Å². The molecule has 0 amide bonds. The normalized spacial score (nSPS) is 12.3. The van der Waals surface area contributed by atoms with Crippen molar-refractivity contribution >= 4 is 11.7 Å². The molecule has 0 radical (unpaired) electrons. The summed E-state index contributed by atoms with van der Waals surface area (Å²) < 4.78 is 18.1. The van der Waals surface area contributed by atoms with Crippen LogP contribution in [0.3, 0.4) is 0 Å². The van der Waals surface area contributed by atoms with Crippen LogP contribution in [0.25, 0.3) is 0 Å². The van der Waals surface area contributed by atoms with Gasteiger partial charge in [0.25, 0.3) is 0 Å². The summed E-state index contributed by atoms with van der Waals surface area (Å²) in [6.07, 6.45) is 1.46. The van der Waals surface area contributed by atoms with Crippen molar-refractivity contribution in [2.45, 2.75) is 51.7 Å². The molecule has 144 valence electrons. The first kappa shape index (κ1) is 20.8. The van der Waals surface area contributed by atoms with Crippen molar-refractivity contribution in [3.8, 4) is 0 Å². The minimum Gasteiger partial charge on any atom is -0.458 e. The Hall–Kier alpha value is -2.49. The number of aliphatic imine (C=N–C) groups is 1. The third-order valence-corrected chi connectivity index (χ3v) is 3.92. The molecule has 0 aromatic heterocycles. The summed E-state index contributed by atoms with van der Waals surface area (Å²) >= 11 is 0. The maximum atomic E-state index is 12.7.